The molecule has 11 heteroatoms. The first-order valence-corrected chi connectivity index (χ1v) is 11.1. The zero-order valence-corrected chi connectivity index (χ0v) is 16.4. The molecule has 3 aromatic carbocycles. The minimum Gasteiger partial charge on any atom is -0.280 e. The smallest absolute Gasteiger partial charge is 0.280 e. The van der Waals surface area contributed by atoms with Crippen molar-refractivity contribution < 1.29 is 21.8 Å². The van der Waals surface area contributed by atoms with Gasteiger partial charge in [0.1, 0.15) is 0 Å². The first-order valence-electron chi connectivity index (χ1n) is 8.13. The van der Waals surface area contributed by atoms with E-state index in [9.17, 15) is 26.9 Å². The topological polar surface area (TPSA) is 135 Å². The normalized spacial score (nSPS) is 11.6. The van der Waals surface area contributed by atoms with Gasteiger partial charge in [0.05, 0.1) is 9.82 Å². The Labute approximate surface area is 167 Å². The second-order valence-electron chi connectivity index (χ2n) is 5.83. The summed E-state index contributed by atoms with van der Waals surface area (Å²) in [7, 11) is -7.99. The molecule has 3 aromatic rings. The van der Waals surface area contributed by atoms with Gasteiger partial charge in [0.15, 0.2) is 4.90 Å². The molecule has 0 saturated heterocycles. The Bertz CT molecular complexity index is 1240. The van der Waals surface area contributed by atoms with Gasteiger partial charge in [-0.1, -0.05) is 30.3 Å². The van der Waals surface area contributed by atoms with Crippen LogP contribution in [0.1, 0.15) is 0 Å². The molecule has 0 aliphatic carbocycles. The van der Waals surface area contributed by atoms with Gasteiger partial charge in [-0.2, -0.15) is 0 Å². The fourth-order valence-corrected chi connectivity index (χ4v) is 4.78. The molecule has 0 aromatic heterocycles. The highest BCUT2D eigenvalue weighted by atomic mass is 32.2. The lowest BCUT2D eigenvalue weighted by molar-refractivity contribution is -0.387. The highest BCUT2D eigenvalue weighted by molar-refractivity contribution is 7.93. The van der Waals surface area contributed by atoms with E-state index in [-0.39, 0.29) is 16.3 Å². The van der Waals surface area contributed by atoms with Gasteiger partial charge >= 0.3 is 0 Å². The maximum atomic E-state index is 12.5. The van der Waals surface area contributed by atoms with Gasteiger partial charge in [0, 0.05) is 17.4 Å². The van der Waals surface area contributed by atoms with Crippen molar-refractivity contribution in [2.75, 3.05) is 9.44 Å². The summed E-state index contributed by atoms with van der Waals surface area (Å²) in [6, 6.07) is 18.2. The molecule has 0 bridgehead atoms. The number of rotatable bonds is 7. The Hall–Kier alpha value is -3.44. The van der Waals surface area contributed by atoms with Crippen molar-refractivity contribution >= 4 is 37.1 Å². The summed E-state index contributed by atoms with van der Waals surface area (Å²) in [6.45, 7) is 0. The standard InChI is InChI=1S/C18H15N3O6S2/c22-21(23)17-8-4-5-9-18(17)29(26,27)20-15-12-10-14(11-13-15)19-28(24,25)16-6-2-1-3-7-16/h1-13,19-20H. The predicted molar refractivity (Wildman–Crippen MR) is 108 cm³/mol. The third-order valence-electron chi connectivity index (χ3n) is 3.79. The number of benzene rings is 3. The van der Waals surface area contributed by atoms with E-state index in [1.165, 1.54) is 48.5 Å². The summed E-state index contributed by atoms with van der Waals surface area (Å²) >= 11 is 0. The van der Waals surface area contributed by atoms with Gasteiger partial charge in [0.25, 0.3) is 25.7 Å². The molecule has 0 fully saturated rings. The molecule has 2 N–H and O–H groups in total. The second-order valence-corrected chi connectivity index (χ2v) is 9.16. The molecule has 0 unspecified atom stereocenters. The van der Waals surface area contributed by atoms with Crippen LogP contribution in [0.15, 0.2) is 88.7 Å². The van der Waals surface area contributed by atoms with E-state index in [0.717, 1.165) is 12.1 Å². The van der Waals surface area contributed by atoms with Crippen LogP contribution in [0, 0.1) is 10.1 Å². The molecule has 0 heterocycles. The third-order valence-corrected chi connectivity index (χ3v) is 6.62. The van der Waals surface area contributed by atoms with Gasteiger partial charge in [-0.25, -0.2) is 16.8 Å². The molecule has 0 saturated carbocycles. The van der Waals surface area contributed by atoms with Crippen LogP contribution >= 0.6 is 0 Å². The van der Waals surface area contributed by atoms with E-state index in [1.807, 2.05) is 0 Å². The van der Waals surface area contributed by atoms with Crippen molar-refractivity contribution in [2.45, 2.75) is 9.79 Å². The zero-order valence-electron chi connectivity index (χ0n) is 14.7. The summed E-state index contributed by atoms with van der Waals surface area (Å²) in [5.74, 6) is 0. The van der Waals surface area contributed by atoms with E-state index in [2.05, 4.69) is 9.44 Å². The lowest BCUT2D eigenvalue weighted by atomic mass is 10.3. The largest absolute Gasteiger partial charge is 0.289 e. The minimum absolute atomic E-state index is 0.0844. The van der Waals surface area contributed by atoms with Crippen LogP contribution in [-0.4, -0.2) is 21.8 Å². The van der Waals surface area contributed by atoms with Crippen LogP contribution in [0.3, 0.4) is 0 Å². The number of para-hydroxylation sites is 1. The molecule has 29 heavy (non-hydrogen) atoms. The van der Waals surface area contributed by atoms with Gasteiger partial charge in [-0.3, -0.25) is 19.6 Å². The van der Waals surface area contributed by atoms with Gasteiger partial charge < -0.3 is 0 Å². The van der Waals surface area contributed by atoms with Crippen LogP contribution < -0.4 is 9.44 Å². The average Bonchev–Trinajstić information content (AvgIpc) is 2.70. The molecule has 150 valence electrons. The van der Waals surface area contributed by atoms with Crippen molar-refractivity contribution in [3.8, 4) is 0 Å². The van der Waals surface area contributed by atoms with Gasteiger partial charge in [0.2, 0.25) is 0 Å². The zero-order chi connectivity index (χ0) is 21.1. The highest BCUT2D eigenvalue weighted by Crippen LogP contribution is 2.26. The highest BCUT2D eigenvalue weighted by Gasteiger charge is 2.25. The van der Waals surface area contributed by atoms with E-state index in [4.69, 9.17) is 0 Å². The Morgan fingerprint density at radius 1 is 0.655 bits per heavy atom. The van der Waals surface area contributed by atoms with E-state index in [0.29, 0.717) is 0 Å². The number of sulfonamides is 2. The molecular weight excluding hydrogens is 418 g/mol. The number of nitrogens with zero attached hydrogens (tertiary/aromatic N) is 1. The van der Waals surface area contributed by atoms with Crippen molar-refractivity contribution in [1.29, 1.82) is 0 Å². The Morgan fingerprint density at radius 2 is 1.14 bits per heavy atom. The minimum atomic E-state index is -4.21. The Balaban J connectivity index is 1.80. The van der Waals surface area contributed by atoms with Crippen LogP contribution in [0.2, 0.25) is 0 Å². The predicted octanol–water partition coefficient (Wildman–Crippen LogP) is 3.20. The summed E-state index contributed by atoms with van der Waals surface area (Å²) < 4.78 is 54.3. The number of hydrogen-bond acceptors (Lipinski definition) is 6. The molecular formula is C18H15N3O6S2. The van der Waals surface area contributed by atoms with Crippen LogP contribution in [0.25, 0.3) is 0 Å². The van der Waals surface area contributed by atoms with Crippen molar-refractivity contribution in [3.05, 3.63) is 89.0 Å². The second kappa shape index (κ2) is 7.89. The Morgan fingerprint density at radius 3 is 1.69 bits per heavy atom. The molecule has 0 amide bonds. The van der Waals surface area contributed by atoms with Crippen molar-refractivity contribution in [2.24, 2.45) is 0 Å². The maximum Gasteiger partial charge on any atom is 0.289 e. The first kappa shape index (κ1) is 20.3. The van der Waals surface area contributed by atoms with E-state index in [1.54, 1.807) is 18.2 Å². The van der Waals surface area contributed by atoms with E-state index < -0.39 is 35.6 Å². The van der Waals surface area contributed by atoms with Gasteiger partial charge in [-0.15, -0.1) is 0 Å². The van der Waals surface area contributed by atoms with Gasteiger partial charge in [-0.05, 0) is 42.5 Å². The quantitative estimate of drug-likeness (QED) is 0.434. The molecule has 0 radical (unpaired) electrons. The molecule has 3 rings (SSSR count). The third kappa shape index (κ3) is 4.70. The number of anilines is 2. The van der Waals surface area contributed by atoms with Crippen LogP contribution in [0.4, 0.5) is 17.1 Å². The van der Waals surface area contributed by atoms with E-state index >= 15 is 0 Å². The number of nitro groups is 1. The molecule has 0 aliphatic heterocycles. The number of nitrogens with one attached hydrogen (secondary N) is 2. The molecule has 0 atom stereocenters. The first-order chi connectivity index (χ1) is 13.7. The Kier molecular flexibility index (Phi) is 5.52. The SMILES string of the molecule is O=[N+]([O-])c1ccccc1S(=O)(=O)Nc1ccc(NS(=O)(=O)c2ccccc2)cc1. The summed E-state index contributed by atoms with van der Waals surface area (Å²) in [5, 5.41) is 11.1. The fraction of sp³-hybridized carbons (Fsp3) is 0. The summed E-state index contributed by atoms with van der Waals surface area (Å²) in [6.07, 6.45) is 0. The van der Waals surface area contributed by atoms with Crippen molar-refractivity contribution in [1.82, 2.24) is 0 Å². The maximum absolute atomic E-state index is 12.5. The lowest BCUT2D eigenvalue weighted by Crippen LogP contribution is -2.15. The number of hydrogen-bond donors (Lipinski definition) is 2. The molecule has 0 spiro atoms. The summed E-state index contributed by atoms with van der Waals surface area (Å²) in [4.78, 5) is 9.89. The van der Waals surface area contributed by atoms with Crippen LogP contribution in [-0.2, 0) is 20.0 Å². The molecule has 9 nitrogen and oxygen atoms in total. The summed E-state index contributed by atoms with van der Waals surface area (Å²) in [5.41, 5.74) is -0.208. The monoisotopic (exact) mass is 433 g/mol. The van der Waals surface area contributed by atoms with Crippen LogP contribution in [0.5, 0.6) is 0 Å². The number of nitro benzene ring substituents is 1. The van der Waals surface area contributed by atoms with Crippen molar-refractivity contribution in [3.63, 3.8) is 0 Å². The average molecular weight is 433 g/mol. The lowest BCUT2D eigenvalue weighted by Gasteiger charge is -2.11. The fourth-order valence-electron chi connectivity index (χ4n) is 2.47. The molecule has 0 aliphatic rings.